The molecule has 0 unspecified atom stereocenters. The van der Waals surface area contributed by atoms with Crippen LogP contribution in [0.1, 0.15) is 18.5 Å². The molecule has 0 N–H and O–H groups in total. The number of aromatic nitrogens is 1. The van der Waals surface area contributed by atoms with Gasteiger partial charge in [-0.2, -0.15) is 11.3 Å². The van der Waals surface area contributed by atoms with Gasteiger partial charge >= 0.3 is 23.1 Å². The molecule has 1 aromatic heterocycles. The summed E-state index contributed by atoms with van der Waals surface area (Å²) in [7, 11) is 0. The van der Waals surface area contributed by atoms with Gasteiger partial charge in [-0.25, -0.2) is 12.1 Å². The Bertz CT molecular complexity index is 303. The summed E-state index contributed by atoms with van der Waals surface area (Å²) in [6.45, 7) is 0. The van der Waals surface area contributed by atoms with Crippen molar-refractivity contribution in [3.8, 4) is 6.07 Å². The van der Waals surface area contributed by atoms with Crippen molar-refractivity contribution in [2.45, 2.75) is 18.3 Å². The van der Waals surface area contributed by atoms with Crippen LogP contribution in [0.4, 0.5) is 0 Å². The number of nitriles is 1. The number of hydrogen-bond donors (Lipinski definition) is 0. The van der Waals surface area contributed by atoms with Gasteiger partial charge in [-0.05, 0) is 18.5 Å². The Hall–Kier alpha value is -0.304. The molecule has 1 aliphatic carbocycles. The molecule has 2 nitrogen and oxygen atoms in total. The van der Waals surface area contributed by atoms with Gasteiger partial charge in [0, 0.05) is 0 Å². The number of hydrogen-bond acceptors (Lipinski definition) is 2. The Morgan fingerprint density at radius 1 is 1.54 bits per heavy atom. The minimum Gasteiger partial charge on any atom is -1.00 e. The average molecular weight is 203 g/mol. The van der Waals surface area contributed by atoms with Gasteiger partial charge in [0.2, 0.25) is 0 Å². The van der Waals surface area contributed by atoms with E-state index in [2.05, 4.69) is 17.1 Å². The topological polar surface area (TPSA) is 36.7 Å². The first-order valence-corrected chi connectivity index (χ1v) is 3.61. The smallest absolute Gasteiger partial charge is 1.00 e. The molecule has 1 aliphatic rings. The molecule has 0 aliphatic heterocycles. The third-order valence-corrected chi connectivity index (χ3v) is 2.07. The van der Waals surface area contributed by atoms with E-state index in [0.717, 1.165) is 18.5 Å². The summed E-state index contributed by atoms with van der Waals surface area (Å²) in [4.78, 5) is 4.11. The molecule has 0 spiro atoms. The van der Waals surface area contributed by atoms with Crippen LogP contribution >= 0.6 is 0 Å². The first-order chi connectivity index (χ1) is 5.37. The summed E-state index contributed by atoms with van der Waals surface area (Å²) in [5.74, 6) is 0. The van der Waals surface area contributed by atoms with Crippen LogP contribution in [-0.2, 0) is 5.41 Å². The van der Waals surface area contributed by atoms with Crippen LogP contribution in [0.25, 0.3) is 0 Å². The Labute approximate surface area is 99.9 Å². The summed E-state index contributed by atoms with van der Waals surface area (Å²) in [6.07, 6.45) is 3.54. The second-order valence-corrected chi connectivity index (χ2v) is 2.84. The van der Waals surface area contributed by atoms with Gasteiger partial charge in [0.25, 0.3) is 0 Å². The van der Waals surface area contributed by atoms with Gasteiger partial charge in [0.15, 0.2) is 0 Å². The van der Waals surface area contributed by atoms with Crippen LogP contribution in [-0.4, -0.2) is 28.0 Å². The van der Waals surface area contributed by atoms with Crippen molar-refractivity contribution in [2.24, 2.45) is 0 Å². The Balaban J connectivity index is 0.000000720. The summed E-state index contributed by atoms with van der Waals surface area (Å²) in [5.41, 5.74) is 0.661. The Morgan fingerprint density at radius 2 is 2.23 bits per heavy atom. The SMILES string of the molecule is N#CC1(c2cc[c-]cn2)CC1.[Cl-].[Mg+2]. The summed E-state index contributed by atoms with van der Waals surface area (Å²) in [6, 6.07) is 8.81. The van der Waals surface area contributed by atoms with Gasteiger partial charge in [-0.15, -0.1) is 0 Å². The fraction of sp³-hybridized carbons (Fsp3) is 0.333. The van der Waals surface area contributed by atoms with Crippen molar-refractivity contribution in [3.05, 3.63) is 30.1 Å². The van der Waals surface area contributed by atoms with Crippen LogP contribution in [0.5, 0.6) is 0 Å². The molecular weight excluding hydrogens is 196 g/mol. The van der Waals surface area contributed by atoms with Crippen LogP contribution in [0.15, 0.2) is 18.3 Å². The van der Waals surface area contributed by atoms with Crippen LogP contribution < -0.4 is 12.4 Å². The predicted molar refractivity (Wildman–Crippen MR) is 45.4 cm³/mol. The molecule has 13 heavy (non-hydrogen) atoms. The molecule has 0 aromatic carbocycles. The van der Waals surface area contributed by atoms with Gasteiger partial charge in [-0.3, -0.25) is 4.98 Å². The summed E-state index contributed by atoms with van der Waals surface area (Å²) < 4.78 is 0. The average Bonchev–Trinajstić information content (AvgIpc) is 2.86. The second kappa shape index (κ2) is 4.80. The van der Waals surface area contributed by atoms with Crippen molar-refractivity contribution in [1.29, 1.82) is 5.26 Å². The fourth-order valence-corrected chi connectivity index (χ4v) is 1.15. The molecule has 0 saturated heterocycles. The minimum absolute atomic E-state index is 0. The minimum atomic E-state index is -0.241. The molecule has 1 aromatic rings. The van der Waals surface area contributed by atoms with Crippen LogP contribution in [0, 0.1) is 17.4 Å². The van der Waals surface area contributed by atoms with E-state index in [4.69, 9.17) is 5.26 Å². The van der Waals surface area contributed by atoms with Crippen molar-refractivity contribution < 1.29 is 12.4 Å². The van der Waals surface area contributed by atoms with Crippen molar-refractivity contribution in [2.75, 3.05) is 0 Å². The van der Waals surface area contributed by atoms with E-state index in [0.29, 0.717) is 0 Å². The van der Waals surface area contributed by atoms with Gasteiger partial charge < -0.3 is 12.4 Å². The zero-order valence-corrected chi connectivity index (χ0v) is 9.30. The molecule has 2 rings (SSSR count). The third-order valence-electron chi connectivity index (χ3n) is 2.07. The molecule has 0 bridgehead atoms. The van der Waals surface area contributed by atoms with Crippen LogP contribution in [0.3, 0.4) is 0 Å². The predicted octanol–water partition coefficient (Wildman–Crippen LogP) is -1.94. The van der Waals surface area contributed by atoms with Crippen LogP contribution in [0.2, 0.25) is 0 Å². The molecular formula is C9H7ClMgN2. The molecule has 1 fully saturated rings. The summed E-state index contributed by atoms with van der Waals surface area (Å²) in [5, 5.41) is 8.81. The number of rotatable bonds is 1. The van der Waals surface area contributed by atoms with Crippen molar-refractivity contribution in [1.82, 2.24) is 4.98 Å². The third kappa shape index (κ3) is 2.34. The number of nitrogens with zero attached hydrogens (tertiary/aromatic N) is 2. The Morgan fingerprint density at radius 3 is 2.62 bits per heavy atom. The summed E-state index contributed by atoms with van der Waals surface area (Å²) >= 11 is 0. The molecule has 4 heteroatoms. The maximum Gasteiger partial charge on any atom is 2.00 e. The van der Waals surface area contributed by atoms with Crippen molar-refractivity contribution in [3.63, 3.8) is 0 Å². The fourth-order valence-electron chi connectivity index (χ4n) is 1.15. The molecule has 62 valence electrons. The molecule has 0 amide bonds. The second-order valence-electron chi connectivity index (χ2n) is 2.84. The molecule has 1 heterocycles. The van der Waals surface area contributed by atoms with E-state index in [9.17, 15) is 0 Å². The van der Waals surface area contributed by atoms with E-state index >= 15 is 0 Å². The van der Waals surface area contributed by atoms with Crippen molar-refractivity contribution >= 4 is 23.1 Å². The standard InChI is InChI=1S/C9H7N2.ClH.Mg/c10-7-9(4-5-9)8-3-1-2-6-11-8;;/h1,3,6H,4-5H2;1H;/q-1;;+2/p-1. The monoisotopic (exact) mass is 202 g/mol. The zero-order valence-electron chi connectivity index (χ0n) is 7.13. The molecule has 0 radical (unpaired) electrons. The van der Waals surface area contributed by atoms with E-state index in [1.54, 1.807) is 12.3 Å². The van der Waals surface area contributed by atoms with Gasteiger partial charge in [-0.1, -0.05) is 6.20 Å². The quantitative estimate of drug-likeness (QED) is 0.393. The maximum absolute atomic E-state index is 8.81. The molecule has 0 atom stereocenters. The van der Waals surface area contributed by atoms with Gasteiger partial charge in [0.05, 0.1) is 11.5 Å². The largest absolute Gasteiger partial charge is 2.00 e. The normalized spacial score (nSPS) is 15.9. The first kappa shape index (κ1) is 12.7. The van der Waals surface area contributed by atoms with E-state index in [-0.39, 0.29) is 40.9 Å². The Kier molecular flexibility index (Phi) is 4.69. The van der Waals surface area contributed by atoms with E-state index < -0.39 is 0 Å². The van der Waals surface area contributed by atoms with Gasteiger partial charge in [0.1, 0.15) is 0 Å². The number of halogens is 1. The van der Waals surface area contributed by atoms with E-state index in [1.807, 2.05) is 6.07 Å². The van der Waals surface area contributed by atoms with E-state index in [1.165, 1.54) is 0 Å². The number of pyridine rings is 1. The first-order valence-electron chi connectivity index (χ1n) is 3.61. The maximum atomic E-state index is 8.81. The molecule has 1 saturated carbocycles. The zero-order chi connectivity index (χ0) is 7.73.